The summed E-state index contributed by atoms with van der Waals surface area (Å²) in [7, 11) is 4.38. The first-order chi connectivity index (χ1) is 11.8. The molecule has 1 aromatic heterocycles. The first kappa shape index (κ1) is 19.1. The van der Waals surface area contributed by atoms with E-state index in [1.165, 1.54) is 20.4 Å². The number of methoxy groups -OCH3 is 1. The van der Waals surface area contributed by atoms with Crippen molar-refractivity contribution in [2.75, 3.05) is 27.2 Å². The largest absolute Gasteiger partial charge is 0.469 e. The van der Waals surface area contributed by atoms with Gasteiger partial charge in [0, 0.05) is 45.5 Å². The number of aliphatic imine (C=N–C) groups is 1. The SMILES string of the molecule is CN=C(NCc1cn(C)nc1C(F)(F)F)N1CCC(C(=O)OC)CC1. The van der Waals surface area contributed by atoms with E-state index in [0.29, 0.717) is 31.9 Å². The van der Waals surface area contributed by atoms with E-state index < -0.39 is 11.9 Å². The zero-order chi connectivity index (χ0) is 18.6. The van der Waals surface area contributed by atoms with Gasteiger partial charge in [0.2, 0.25) is 0 Å². The minimum atomic E-state index is -4.50. The number of rotatable bonds is 3. The van der Waals surface area contributed by atoms with Crippen LogP contribution in [0.1, 0.15) is 24.1 Å². The standard InChI is InChI=1S/C15H22F3N5O2/c1-19-14(23-6-4-10(5-7-23)13(24)25-3)20-8-11-9-22(2)21-12(11)15(16,17)18/h9-10H,4-8H2,1-3H3,(H,19,20). The fourth-order valence-corrected chi connectivity index (χ4v) is 2.91. The van der Waals surface area contributed by atoms with Crippen molar-refractivity contribution in [3.8, 4) is 0 Å². The van der Waals surface area contributed by atoms with E-state index >= 15 is 0 Å². The maximum atomic E-state index is 13.0. The minimum Gasteiger partial charge on any atom is -0.469 e. The van der Waals surface area contributed by atoms with E-state index in [0.717, 1.165) is 4.68 Å². The molecule has 1 aliphatic heterocycles. The highest BCUT2D eigenvalue weighted by atomic mass is 19.4. The fourth-order valence-electron chi connectivity index (χ4n) is 2.91. The Morgan fingerprint density at radius 1 is 1.44 bits per heavy atom. The third-order valence-corrected chi connectivity index (χ3v) is 4.15. The van der Waals surface area contributed by atoms with Gasteiger partial charge in [0.05, 0.1) is 13.0 Å². The lowest BCUT2D eigenvalue weighted by Crippen LogP contribution is -2.46. The Kier molecular flexibility index (Phi) is 5.91. The molecule has 7 nitrogen and oxygen atoms in total. The summed E-state index contributed by atoms with van der Waals surface area (Å²) in [5.74, 6) is 0.127. The van der Waals surface area contributed by atoms with Crippen LogP contribution in [0.25, 0.3) is 0 Å². The third-order valence-electron chi connectivity index (χ3n) is 4.15. The van der Waals surface area contributed by atoms with Gasteiger partial charge in [-0.25, -0.2) is 0 Å². The highest BCUT2D eigenvalue weighted by Crippen LogP contribution is 2.30. The summed E-state index contributed by atoms with van der Waals surface area (Å²) in [5.41, 5.74) is -0.844. The average molecular weight is 361 g/mol. The van der Waals surface area contributed by atoms with Gasteiger partial charge in [-0.05, 0) is 12.8 Å². The Bertz CT molecular complexity index is 634. The van der Waals surface area contributed by atoms with Crippen LogP contribution in [0.15, 0.2) is 11.2 Å². The molecule has 1 N–H and O–H groups in total. The quantitative estimate of drug-likeness (QED) is 0.501. The summed E-state index contributed by atoms with van der Waals surface area (Å²) in [6.45, 7) is 1.13. The van der Waals surface area contributed by atoms with Crippen molar-refractivity contribution in [3.63, 3.8) is 0 Å². The van der Waals surface area contributed by atoms with Crippen LogP contribution in [0.5, 0.6) is 0 Å². The van der Waals surface area contributed by atoms with Gasteiger partial charge in [0.25, 0.3) is 0 Å². The number of hydrogen-bond acceptors (Lipinski definition) is 4. The Labute approximate surface area is 143 Å². The summed E-state index contributed by atoms with van der Waals surface area (Å²) >= 11 is 0. The molecule has 2 rings (SSSR count). The molecular weight excluding hydrogens is 339 g/mol. The highest BCUT2D eigenvalue weighted by molar-refractivity contribution is 5.80. The summed E-state index contributed by atoms with van der Waals surface area (Å²) in [6.07, 6.45) is -1.92. The monoisotopic (exact) mass is 361 g/mol. The van der Waals surface area contributed by atoms with Gasteiger partial charge >= 0.3 is 12.1 Å². The number of aromatic nitrogens is 2. The predicted octanol–water partition coefficient (Wildman–Crippen LogP) is 1.40. The maximum absolute atomic E-state index is 13.0. The van der Waals surface area contributed by atoms with Crippen LogP contribution in [0.2, 0.25) is 0 Å². The van der Waals surface area contributed by atoms with Crippen LogP contribution in [0.3, 0.4) is 0 Å². The smallest absolute Gasteiger partial charge is 0.435 e. The second-order valence-corrected chi connectivity index (χ2v) is 5.86. The maximum Gasteiger partial charge on any atom is 0.435 e. The predicted molar refractivity (Wildman–Crippen MR) is 84.7 cm³/mol. The highest BCUT2D eigenvalue weighted by Gasteiger charge is 2.37. The van der Waals surface area contributed by atoms with Crippen LogP contribution in [-0.4, -0.2) is 53.9 Å². The van der Waals surface area contributed by atoms with Crippen LogP contribution in [0.4, 0.5) is 13.2 Å². The number of nitrogens with one attached hydrogen (secondary N) is 1. The number of ether oxygens (including phenoxy) is 1. The fraction of sp³-hybridized carbons (Fsp3) is 0.667. The number of nitrogens with zero attached hydrogens (tertiary/aromatic N) is 4. The Balaban J connectivity index is 1.97. The Morgan fingerprint density at radius 2 is 2.08 bits per heavy atom. The minimum absolute atomic E-state index is 0.0354. The normalized spacial score (nSPS) is 16.9. The molecule has 0 amide bonds. The molecule has 140 valence electrons. The van der Waals surface area contributed by atoms with Gasteiger partial charge in [-0.2, -0.15) is 18.3 Å². The molecule has 0 aromatic carbocycles. The van der Waals surface area contributed by atoms with Gasteiger partial charge in [-0.1, -0.05) is 0 Å². The molecule has 1 aromatic rings. The lowest BCUT2D eigenvalue weighted by Gasteiger charge is -2.33. The van der Waals surface area contributed by atoms with Crippen molar-refractivity contribution in [3.05, 3.63) is 17.5 Å². The molecule has 0 spiro atoms. The molecule has 0 saturated carbocycles. The lowest BCUT2D eigenvalue weighted by atomic mass is 9.97. The zero-order valence-corrected chi connectivity index (χ0v) is 14.4. The van der Waals surface area contributed by atoms with E-state index in [1.807, 2.05) is 4.90 Å². The molecule has 25 heavy (non-hydrogen) atoms. The number of likely N-dealkylation sites (tertiary alicyclic amines) is 1. The summed E-state index contributed by atoms with van der Waals surface area (Å²) in [6, 6.07) is 0. The zero-order valence-electron chi connectivity index (χ0n) is 14.4. The van der Waals surface area contributed by atoms with Crippen molar-refractivity contribution in [2.24, 2.45) is 18.0 Å². The molecule has 1 aliphatic rings. The molecule has 10 heteroatoms. The van der Waals surface area contributed by atoms with Crippen molar-refractivity contribution in [1.29, 1.82) is 0 Å². The van der Waals surface area contributed by atoms with E-state index in [9.17, 15) is 18.0 Å². The van der Waals surface area contributed by atoms with E-state index in [2.05, 4.69) is 15.4 Å². The average Bonchev–Trinajstić information content (AvgIpc) is 2.96. The van der Waals surface area contributed by atoms with Crippen molar-refractivity contribution < 1.29 is 22.7 Å². The van der Waals surface area contributed by atoms with Gasteiger partial charge in [0.15, 0.2) is 11.7 Å². The van der Waals surface area contributed by atoms with Crippen LogP contribution in [-0.2, 0) is 29.3 Å². The number of guanidine groups is 1. The van der Waals surface area contributed by atoms with Gasteiger partial charge in [-0.3, -0.25) is 14.5 Å². The Hall–Kier alpha value is -2.26. The molecular formula is C15H22F3N5O2. The third kappa shape index (κ3) is 4.64. The van der Waals surface area contributed by atoms with Gasteiger partial charge in [-0.15, -0.1) is 0 Å². The molecule has 0 bridgehead atoms. The topological polar surface area (TPSA) is 71.8 Å². The lowest BCUT2D eigenvalue weighted by molar-refractivity contribution is -0.146. The number of hydrogen-bond donors (Lipinski definition) is 1. The van der Waals surface area contributed by atoms with Crippen LogP contribution >= 0.6 is 0 Å². The molecule has 0 aliphatic carbocycles. The molecule has 2 heterocycles. The van der Waals surface area contributed by atoms with Gasteiger partial charge in [0.1, 0.15) is 0 Å². The van der Waals surface area contributed by atoms with Crippen molar-refractivity contribution in [1.82, 2.24) is 20.0 Å². The van der Waals surface area contributed by atoms with E-state index in [4.69, 9.17) is 4.74 Å². The number of halogens is 3. The number of carbonyl (C=O) groups excluding carboxylic acids is 1. The van der Waals surface area contributed by atoms with Crippen LogP contribution in [0, 0.1) is 5.92 Å². The van der Waals surface area contributed by atoms with Gasteiger partial charge < -0.3 is 15.0 Å². The molecule has 0 unspecified atom stereocenters. The number of alkyl halides is 3. The summed E-state index contributed by atoms with van der Waals surface area (Å²) < 4.78 is 44.8. The first-order valence-electron chi connectivity index (χ1n) is 7.89. The second-order valence-electron chi connectivity index (χ2n) is 5.86. The second kappa shape index (κ2) is 7.75. The number of aryl methyl sites for hydroxylation is 1. The number of piperidine rings is 1. The number of carbonyl (C=O) groups is 1. The van der Waals surface area contributed by atoms with Crippen LogP contribution < -0.4 is 5.32 Å². The summed E-state index contributed by atoms with van der Waals surface area (Å²) in [5, 5.41) is 6.43. The molecule has 1 saturated heterocycles. The van der Waals surface area contributed by atoms with E-state index in [1.54, 1.807) is 7.05 Å². The Morgan fingerprint density at radius 3 is 2.60 bits per heavy atom. The summed E-state index contributed by atoms with van der Waals surface area (Å²) in [4.78, 5) is 17.6. The molecule has 0 radical (unpaired) electrons. The molecule has 1 fully saturated rings. The molecule has 0 atom stereocenters. The first-order valence-corrected chi connectivity index (χ1v) is 7.89. The van der Waals surface area contributed by atoms with Crippen molar-refractivity contribution in [2.45, 2.75) is 25.6 Å². The van der Waals surface area contributed by atoms with E-state index in [-0.39, 0.29) is 24.0 Å². The number of esters is 1. The van der Waals surface area contributed by atoms with Crippen molar-refractivity contribution >= 4 is 11.9 Å².